The van der Waals surface area contributed by atoms with Crippen molar-refractivity contribution in [3.63, 3.8) is 0 Å². The van der Waals surface area contributed by atoms with E-state index in [1.165, 1.54) is 0 Å². The van der Waals surface area contributed by atoms with Crippen LogP contribution in [0, 0.1) is 11.8 Å². The number of rotatable bonds is 10. The predicted octanol–water partition coefficient (Wildman–Crippen LogP) is 2.47. The Balaban J connectivity index is 2.28. The number of Topliss-reactive ketones (excluding diaryl/α,β-unsaturated/α-hetero) is 1. The minimum Gasteiger partial charge on any atom is -0.481 e. The molecular weight excluding hydrogens is 296 g/mol. The van der Waals surface area contributed by atoms with Gasteiger partial charge in [0, 0.05) is 18.8 Å². The molecule has 0 radical (unpaired) electrons. The van der Waals surface area contributed by atoms with Crippen LogP contribution < -0.4 is 0 Å². The number of allylic oxidation sites excluding steroid dienone is 2. The quantitative estimate of drug-likeness (QED) is 0.424. The Morgan fingerprint density at radius 2 is 2.09 bits per heavy atom. The summed E-state index contributed by atoms with van der Waals surface area (Å²) in [4.78, 5) is 22.2. The molecule has 0 aromatic carbocycles. The number of aliphatic hydroxyl groups is 2. The maximum Gasteiger partial charge on any atom is 0.303 e. The van der Waals surface area contributed by atoms with E-state index in [9.17, 15) is 19.8 Å². The van der Waals surface area contributed by atoms with Crippen molar-refractivity contribution in [2.45, 2.75) is 64.1 Å². The Kier molecular flexibility index (Phi) is 8.81. The van der Waals surface area contributed by atoms with Crippen molar-refractivity contribution in [1.29, 1.82) is 0 Å². The normalized spacial score (nSPS) is 26.4. The zero-order chi connectivity index (χ0) is 17.2. The van der Waals surface area contributed by atoms with Gasteiger partial charge >= 0.3 is 5.97 Å². The number of hydrogen-bond donors (Lipinski definition) is 3. The fourth-order valence-electron chi connectivity index (χ4n) is 2.97. The minimum atomic E-state index is -0.772. The van der Waals surface area contributed by atoms with Crippen LogP contribution in [0.5, 0.6) is 0 Å². The topological polar surface area (TPSA) is 94.8 Å². The van der Waals surface area contributed by atoms with Crippen LogP contribution in [-0.2, 0) is 9.59 Å². The van der Waals surface area contributed by atoms with Gasteiger partial charge in [-0.15, -0.1) is 0 Å². The molecule has 0 bridgehead atoms. The first-order chi connectivity index (χ1) is 11.0. The van der Waals surface area contributed by atoms with E-state index in [2.05, 4.69) is 0 Å². The van der Waals surface area contributed by atoms with Crippen LogP contribution in [-0.4, -0.2) is 39.3 Å². The maximum atomic E-state index is 11.8. The highest BCUT2D eigenvalue weighted by Gasteiger charge is 2.38. The smallest absolute Gasteiger partial charge is 0.303 e. The molecular formula is C18H28O5. The molecule has 1 saturated carbocycles. The number of aliphatic carboxylic acids is 1. The second-order valence-electron chi connectivity index (χ2n) is 6.13. The van der Waals surface area contributed by atoms with E-state index in [0.717, 1.165) is 19.3 Å². The standard InChI is InChI=1S/C18H28O5/c1-2-14-15(17(21)12-16(14)20)11-10-13(19)8-6-4-3-5-7-9-18(22)23/h4,6,10-11,13-16,19-20H,2-3,5,7-9,12H2,1H3,(H,22,23)/b6-4-,11-10+/t13-,14+,15-,16-/m1/s1. The molecule has 0 amide bonds. The molecule has 0 spiro atoms. The zero-order valence-corrected chi connectivity index (χ0v) is 13.7. The van der Waals surface area contributed by atoms with Gasteiger partial charge in [-0.05, 0) is 38.0 Å². The number of carboxylic acid groups (broad SMARTS) is 1. The molecule has 3 N–H and O–H groups in total. The third-order valence-electron chi connectivity index (χ3n) is 4.31. The summed E-state index contributed by atoms with van der Waals surface area (Å²) in [6.07, 6.45) is 9.87. The Morgan fingerprint density at radius 1 is 1.35 bits per heavy atom. The number of carboxylic acids is 1. The molecule has 0 saturated heterocycles. The molecule has 1 rings (SSSR count). The first-order valence-corrected chi connectivity index (χ1v) is 8.39. The highest BCUT2D eigenvalue weighted by molar-refractivity contribution is 5.85. The molecule has 0 aliphatic heterocycles. The molecule has 1 aliphatic carbocycles. The van der Waals surface area contributed by atoms with E-state index in [1.807, 2.05) is 19.1 Å². The van der Waals surface area contributed by atoms with E-state index in [0.29, 0.717) is 12.8 Å². The summed E-state index contributed by atoms with van der Waals surface area (Å²) in [5, 5.41) is 28.2. The lowest BCUT2D eigenvalue weighted by atomic mass is 9.91. The number of unbranched alkanes of at least 4 members (excludes halogenated alkanes) is 2. The Hall–Kier alpha value is -1.46. The number of hydrogen-bond acceptors (Lipinski definition) is 4. The van der Waals surface area contributed by atoms with Crippen LogP contribution in [0.3, 0.4) is 0 Å². The minimum absolute atomic E-state index is 0.0433. The van der Waals surface area contributed by atoms with Gasteiger partial charge in [-0.25, -0.2) is 0 Å². The van der Waals surface area contributed by atoms with Crippen molar-refractivity contribution < 1.29 is 24.9 Å². The van der Waals surface area contributed by atoms with E-state index >= 15 is 0 Å². The first-order valence-electron chi connectivity index (χ1n) is 8.39. The zero-order valence-electron chi connectivity index (χ0n) is 13.7. The Labute approximate surface area is 137 Å². The monoisotopic (exact) mass is 324 g/mol. The lowest BCUT2D eigenvalue weighted by molar-refractivity contribution is -0.137. The number of carbonyl (C=O) groups is 2. The predicted molar refractivity (Wildman–Crippen MR) is 87.9 cm³/mol. The highest BCUT2D eigenvalue weighted by atomic mass is 16.4. The lowest BCUT2D eigenvalue weighted by Crippen LogP contribution is -2.18. The average Bonchev–Trinajstić information content (AvgIpc) is 2.76. The van der Waals surface area contributed by atoms with Crippen molar-refractivity contribution in [1.82, 2.24) is 0 Å². The second kappa shape index (κ2) is 10.3. The van der Waals surface area contributed by atoms with Gasteiger partial charge < -0.3 is 15.3 Å². The third kappa shape index (κ3) is 7.10. The molecule has 0 aromatic rings. The molecule has 5 heteroatoms. The van der Waals surface area contributed by atoms with Gasteiger partial charge in [0.25, 0.3) is 0 Å². The largest absolute Gasteiger partial charge is 0.481 e. The van der Waals surface area contributed by atoms with E-state index in [-0.39, 0.29) is 30.5 Å². The van der Waals surface area contributed by atoms with Crippen LogP contribution in [0.4, 0.5) is 0 Å². The molecule has 1 aliphatic rings. The Morgan fingerprint density at radius 3 is 2.74 bits per heavy atom. The van der Waals surface area contributed by atoms with Crippen LogP contribution in [0.15, 0.2) is 24.3 Å². The molecule has 130 valence electrons. The molecule has 0 aromatic heterocycles. The van der Waals surface area contributed by atoms with Crippen LogP contribution >= 0.6 is 0 Å². The van der Waals surface area contributed by atoms with Gasteiger partial charge in [0.2, 0.25) is 0 Å². The van der Waals surface area contributed by atoms with Gasteiger partial charge in [0.1, 0.15) is 5.78 Å². The summed E-state index contributed by atoms with van der Waals surface area (Å²) in [5.41, 5.74) is 0. The molecule has 0 heterocycles. The SMILES string of the molecule is CC[C@@H]1[C@H](O)CC(=O)[C@@H]1/C=C/[C@H](O)C/C=C\CCCCC(=O)O. The van der Waals surface area contributed by atoms with Gasteiger partial charge in [-0.1, -0.05) is 31.2 Å². The van der Waals surface area contributed by atoms with Gasteiger partial charge in [0.15, 0.2) is 0 Å². The first kappa shape index (κ1) is 19.6. The molecule has 23 heavy (non-hydrogen) atoms. The van der Waals surface area contributed by atoms with Crippen LogP contribution in [0.25, 0.3) is 0 Å². The van der Waals surface area contributed by atoms with Gasteiger partial charge in [0.05, 0.1) is 12.2 Å². The molecule has 5 nitrogen and oxygen atoms in total. The van der Waals surface area contributed by atoms with Crippen molar-refractivity contribution in [2.24, 2.45) is 11.8 Å². The van der Waals surface area contributed by atoms with E-state index in [1.54, 1.807) is 12.2 Å². The molecule has 4 atom stereocenters. The van der Waals surface area contributed by atoms with Crippen molar-refractivity contribution in [3.05, 3.63) is 24.3 Å². The van der Waals surface area contributed by atoms with Crippen molar-refractivity contribution in [3.8, 4) is 0 Å². The summed E-state index contributed by atoms with van der Waals surface area (Å²) >= 11 is 0. The molecule has 0 unspecified atom stereocenters. The fourth-order valence-corrected chi connectivity index (χ4v) is 2.97. The summed E-state index contributed by atoms with van der Waals surface area (Å²) in [6.45, 7) is 1.96. The third-order valence-corrected chi connectivity index (χ3v) is 4.31. The van der Waals surface area contributed by atoms with Crippen LogP contribution in [0.1, 0.15) is 51.9 Å². The van der Waals surface area contributed by atoms with E-state index < -0.39 is 18.2 Å². The second-order valence-corrected chi connectivity index (χ2v) is 6.13. The lowest BCUT2D eigenvalue weighted by Gasteiger charge is -2.16. The number of ketones is 1. The fraction of sp³-hybridized carbons (Fsp3) is 0.667. The van der Waals surface area contributed by atoms with Gasteiger partial charge in [-0.2, -0.15) is 0 Å². The summed E-state index contributed by atoms with van der Waals surface area (Å²) < 4.78 is 0. The number of carbonyl (C=O) groups excluding carboxylic acids is 1. The summed E-state index contributed by atoms with van der Waals surface area (Å²) in [5.74, 6) is -1.06. The summed E-state index contributed by atoms with van der Waals surface area (Å²) in [7, 11) is 0. The number of aliphatic hydroxyl groups excluding tert-OH is 2. The highest BCUT2D eigenvalue weighted by Crippen LogP contribution is 2.32. The van der Waals surface area contributed by atoms with Gasteiger partial charge in [-0.3, -0.25) is 9.59 Å². The summed E-state index contributed by atoms with van der Waals surface area (Å²) in [6, 6.07) is 0. The Bertz CT molecular complexity index is 441. The van der Waals surface area contributed by atoms with Crippen LogP contribution in [0.2, 0.25) is 0 Å². The molecule has 1 fully saturated rings. The van der Waals surface area contributed by atoms with Crippen molar-refractivity contribution in [2.75, 3.05) is 0 Å². The maximum absolute atomic E-state index is 11.8. The average molecular weight is 324 g/mol. The van der Waals surface area contributed by atoms with Crippen molar-refractivity contribution >= 4 is 11.8 Å². The van der Waals surface area contributed by atoms with E-state index in [4.69, 9.17) is 5.11 Å².